The molecule has 0 aliphatic heterocycles. The van der Waals surface area contributed by atoms with Crippen LogP contribution in [0.5, 0.6) is 0 Å². The van der Waals surface area contributed by atoms with Crippen molar-refractivity contribution in [3.8, 4) is 0 Å². The number of nitrogen functional groups attached to an aromatic ring is 1. The van der Waals surface area contributed by atoms with Gasteiger partial charge in [-0.15, -0.1) is 0 Å². The first-order chi connectivity index (χ1) is 4.84. The number of aromatic nitrogens is 1. The van der Waals surface area contributed by atoms with Gasteiger partial charge in [0.2, 0.25) is 0 Å². The van der Waals surface area contributed by atoms with E-state index < -0.39 is 0 Å². The zero-order valence-electron chi connectivity index (χ0n) is 5.36. The summed E-state index contributed by atoms with van der Waals surface area (Å²) in [6, 6.07) is 3.56. The molecule has 1 aromatic heterocycles. The van der Waals surface area contributed by atoms with Gasteiger partial charge in [-0.1, -0.05) is 0 Å². The fourth-order valence-corrected chi connectivity index (χ4v) is 0.619. The van der Waals surface area contributed by atoms with Gasteiger partial charge < -0.3 is 11.6 Å². The van der Waals surface area contributed by atoms with Crippen molar-refractivity contribution in [2.45, 2.75) is 0 Å². The van der Waals surface area contributed by atoms with Crippen LogP contribution < -0.4 is 11.6 Å². The summed E-state index contributed by atoms with van der Waals surface area (Å²) in [7, 11) is 0. The zero-order valence-corrected chi connectivity index (χ0v) is 5.36. The predicted molar refractivity (Wildman–Crippen MR) is 40.4 cm³/mol. The number of hydrogen-bond donors (Lipinski definition) is 2. The number of hydrazone groups is 1. The molecule has 10 heavy (non-hydrogen) atoms. The van der Waals surface area contributed by atoms with Crippen LogP contribution in [-0.4, -0.2) is 11.2 Å². The van der Waals surface area contributed by atoms with E-state index in [1.54, 1.807) is 18.3 Å². The van der Waals surface area contributed by atoms with Crippen LogP contribution in [0, 0.1) is 0 Å². The second-order valence-corrected chi connectivity index (χ2v) is 1.76. The van der Waals surface area contributed by atoms with Crippen molar-refractivity contribution >= 4 is 12.0 Å². The van der Waals surface area contributed by atoms with Crippen molar-refractivity contribution in [2.24, 2.45) is 10.9 Å². The normalized spacial score (nSPS) is 10.4. The summed E-state index contributed by atoms with van der Waals surface area (Å²) in [5, 5.41) is 3.32. The van der Waals surface area contributed by atoms with Crippen molar-refractivity contribution in [1.82, 2.24) is 4.98 Å². The fourth-order valence-electron chi connectivity index (χ4n) is 0.619. The van der Waals surface area contributed by atoms with Gasteiger partial charge in [-0.3, -0.25) is 0 Å². The Morgan fingerprint density at radius 2 is 2.40 bits per heavy atom. The van der Waals surface area contributed by atoms with Crippen molar-refractivity contribution in [3.63, 3.8) is 0 Å². The van der Waals surface area contributed by atoms with E-state index in [0.29, 0.717) is 5.82 Å². The molecule has 52 valence electrons. The molecule has 0 aliphatic rings. The smallest absolute Gasteiger partial charge is 0.132 e. The summed E-state index contributed by atoms with van der Waals surface area (Å²) < 4.78 is 0. The molecule has 0 atom stereocenters. The number of nitrogens with zero attached hydrogens (tertiary/aromatic N) is 2. The maximum absolute atomic E-state index is 5.45. The Kier molecular flexibility index (Phi) is 1.84. The van der Waals surface area contributed by atoms with Gasteiger partial charge in [0, 0.05) is 11.8 Å². The lowest BCUT2D eigenvalue weighted by Crippen LogP contribution is -1.96. The van der Waals surface area contributed by atoms with E-state index in [9.17, 15) is 0 Å². The summed E-state index contributed by atoms with van der Waals surface area (Å²) in [6.45, 7) is 0. The molecule has 0 spiro atoms. The van der Waals surface area contributed by atoms with Crippen molar-refractivity contribution < 1.29 is 0 Å². The first-order valence-electron chi connectivity index (χ1n) is 2.78. The molecule has 4 N–H and O–H groups in total. The Balaban J connectivity index is 3.03. The summed E-state index contributed by atoms with van der Waals surface area (Å²) in [5.41, 5.74) is 6.19. The summed E-state index contributed by atoms with van der Waals surface area (Å²) >= 11 is 0. The van der Waals surface area contributed by atoms with Gasteiger partial charge in [-0.2, -0.15) is 5.10 Å². The molecule has 1 heterocycles. The highest BCUT2D eigenvalue weighted by Gasteiger charge is 1.91. The maximum Gasteiger partial charge on any atom is 0.132 e. The van der Waals surface area contributed by atoms with E-state index in [1.807, 2.05) is 0 Å². The Labute approximate surface area is 58.6 Å². The van der Waals surface area contributed by atoms with Crippen LogP contribution in [0.15, 0.2) is 23.4 Å². The predicted octanol–water partition coefficient (Wildman–Crippen LogP) is -0.0436. The van der Waals surface area contributed by atoms with E-state index >= 15 is 0 Å². The molecule has 1 rings (SSSR count). The summed E-state index contributed by atoms with van der Waals surface area (Å²) in [6.07, 6.45) is 3.07. The Morgan fingerprint density at radius 3 is 3.00 bits per heavy atom. The second kappa shape index (κ2) is 2.82. The van der Waals surface area contributed by atoms with Crippen LogP contribution in [0.4, 0.5) is 5.82 Å². The summed E-state index contributed by atoms with van der Waals surface area (Å²) in [4.78, 5) is 3.83. The molecule has 0 saturated heterocycles. The third kappa shape index (κ3) is 1.22. The highest BCUT2D eigenvalue weighted by atomic mass is 15.1. The number of hydrogen-bond acceptors (Lipinski definition) is 4. The van der Waals surface area contributed by atoms with E-state index in [4.69, 9.17) is 11.6 Å². The molecule has 0 aromatic carbocycles. The lowest BCUT2D eigenvalue weighted by atomic mass is 10.3. The molecule has 0 aliphatic carbocycles. The maximum atomic E-state index is 5.45. The number of rotatable bonds is 1. The van der Waals surface area contributed by atoms with E-state index in [2.05, 4.69) is 10.1 Å². The highest BCUT2D eigenvalue weighted by Crippen LogP contribution is 2.01. The third-order valence-electron chi connectivity index (χ3n) is 1.08. The number of pyridine rings is 1. The standard InChI is InChI=1S/C6H8N4/c7-6-5(4-10-8)2-1-3-9-6/h1-4H,8H2,(H2,7,9)/b10-4+. The van der Waals surface area contributed by atoms with Crippen molar-refractivity contribution in [3.05, 3.63) is 23.9 Å². The largest absolute Gasteiger partial charge is 0.383 e. The van der Waals surface area contributed by atoms with Gasteiger partial charge in [-0.05, 0) is 12.1 Å². The van der Waals surface area contributed by atoms with Crippen molar-refractivity contribution in [1.29, 1.82) is 0 Å². The summed E-state index contributed by atoms with van der Waals surface area (Å²) in [5.74, 6) is 5.36. The minimum absolute atomic E-state index is 0.441. The van der Waals surface area contributed by atoms with Crippen LogP contribution in [0.3, 0.4) is 0 Å². The van der Waals surface area contributed by atoms with Crippen LogP contribution in [0.1, 0.15) is 5.56 Å². The number of anilines is 1. The SMILES string of the molecule is N/N=C/c1cccnc1N. The minimum atomic E-state index is 0.441. The van der Waals surface area contributed by atoms with Gasteiger partial charge in [0.25, 0.3) is 0 Å². The second-order valence-electron chi connectivity index (χ2n) is 1.76. The Bertz CT molecular complexity index is 243. The molecule has 4 nitrogen and oxygen atoms in total. The van der Waals surface area contributed by atoms with E-state index in [1.165, 1.54) is 6.21 Å². The van der Waals surface area contributed by atoms with E-state index in [0.717, 1.165) is 5.56 Å². The topological polar surface area (TPSA) is 77.3 Å². The first-order valence-corrected chi connectivity index (χ1v) is 2.78. The van der Waals surface area contributed by atoms with Crippen LogP contribution in [0.2, 0.25) is 0 Å². The minimum Gasteiger partial charge on any atom is -0.383 e. The molecule has 0 radical (unpaired) electrons. The monoisotopic (exact) mass is 136 g/mol. The Morgan fingerprint density at radius 1 is 1.60 bits per heavy atom. The van der Waals surface area contributed by atoms with Crippen LogP contribution >= 0.6 is 0 Å². The van der Waals surface area contributed by atoms with Gasteiger partial charge >= 0.3 is 0 Å². The molecule has 0 bridgehead atoms. The molecular weight excluding hydrogens is 128 g/mol. The zero-order chi connectivity index (χ0) is 7.40. The average Bonchev–Trinajstić information content (AvgIpc) is 1.94. The van der Waals surface area contributed by atoms with Crippen LogP contribution in [-0.2, 0) is 0 Å². The van der Waals surface area contributed by atoms with E-state index in [-0.39, 0.29) is 0 Å². The lowest BCUT2D eigenvalue weighted by Gasteiger charge is -1.94. The molecule has 4 heteroatoms. The molecule has 0 fully saturated rings. The molecule has 0 amide bonds. The highest BCUT2D eigenvalue weighted by molar-refractivity contribution is 5.84. The molecule has 1 aromatic rings. The van der Waals surface area contributed by atoms with Gasteiger partial charge in [-0.25, -0.2) is 4.98 Å². The average molecular weight is 136 g/mol. The fraction of sp³-hybridized carbons (Fsp3) is 0. The molecule has 0 saturated carbocycles. The first kappa shape index (κ1) is 6.54. The lowest BCUT2D eigenvalue weighted by molar-refractivity contribution is 1.25. The molecular formula is C6H8N4. The molecule has 0 unspecified atom stereocenters. The van der Waals surface area contributed by atoms with Gasteiger partial charge in [0.15, 0.2) is 0 Å². The van der Waals surface area contributed by atoms with Gasteiger partial charge in [0.05, 0.1) is 6.21 Å². The van der Waals surface area contributed by atoms with Crippen LogP contribution in [0.25, 0.3) is 0 Å². The quantitative estimate of drug-likeness (QED) is 0.323. The van der Waals surface area contributed by atoms with Gasteiger partial charge in [0.1, 0.15) is 5.82 Å². The Hall–Kier alpha value is -1.58. The third-order valence-corrected chi connectivity index (χ3v) is 1.08. The van der Waals surface area contributed by atoms with Crippen molar-refractivity contribution in [2.75, 3.05) is 5.73 Å². The number of nitrogens with two attached hydrogens (primary N) is 2.